The molecule has 3 fully saturated rings. The molecule has 3 heterocycles. The Morgan fingerprint density at radius 1 is 1.12 bits per heavy atom. The van der Waals surface area contributed by atoms with Gasteiger partial charge < -0.3 is 19.5 Å². The van der Waals surface area contributed by atoms with Gasteiger partial charge in [-0.25, -0.2) is 0 Å². The van der Waals surface area contributed by atoms with Crippen molar-refractivity contribution in [3.63, 3.8) is 0 Å². The maximum Gasteiger partial charge on any atom is 0.0579 e. The quantitative estimate of drug-likeness (QED) is 0.743. The Kier molecular flexibility index (Phi) is 2.70. The van der Waals surface area contributed by atoms with Crippen LogP contribution in [0.4, 0.5) is 0 Å². The Bertz CT molecular complexity index is 253. The molecule has 0 aromatic carbocycles. The molecule has 4 heteroatoms. The van der Waals surface area contributed by atoms with E-state index in [2.05, 4.69) is 4.90 Å². The van der Waals surface area contributed by atoms with Crippen LogP contribution < -0.4 is 0 Å². The van der Waals surface area contributed by atoms with Gasteiger partial charge in [-0.05, 0) is 19.4 Å². The lowest BCUT2D eigenvalue weighted by Gasteiger charge is -2.42. The highest BCUT2D eigenvalue weighted by Crippen LogP contribution is 2.40. The van der Waals surface area contributed by atoms with E-state index in [9.17, 15) is 5.11 Å². The van der Waals surface area contributed by atoms with E-state index >= 15 is 0 Å². The number of nitrogens with zero attached hydrogens (tertiary/aromatic N) is 1. The Labute approximate surface area is 96.5 Å². The van der Waals surface area contributed by atoms with Crippen molar-refractivity contribution in [3.8, 4) is 0 Å². The van der Waals surface area contributed by atoms with Crippen LogP contribution in [0.15, 0.2) is 0 Å². The molecule has 16 heavy (non-hydrogen) atoms. The third kappa shape index (κ3) is 1.78. The number of likely N-dealkylation sites (tertiary alicyclic amines) is 1. The van der Waals surface area contributed by atoms with Crippen molar-refractivity contribution in [2.75, 3.05) is 52.7 Å². The average molecular weight is 227 g/mol. The second kappa shape index (κ2) is 3.95. The Balaban J connectivity index is 1.57. The van der Waals surface area contributed by atoms with Gasteiger partial charge in [0.1, 0.15) is 0 Å². The first-order valence-corrected chi connectivity index (χ1v) is 6.25. The molecule has 3 saturated heterocycles. The molecule has 0 bridgehead atoms. The second-order valence-electron chi connectivity index (χ2n) is 5.91. The van der Waals surface area contributed by atoms with E-state index in [0.29, 0.717) is 5.41 Å². The third-order valence-corrected chi connectivity index (χ3v) is 4.41. The lowest BCUT2D eigenvalue weighted by atomic mass is 9.85. The fourth-order valence-electron chi connectivity index (χ4n) is 3.23. The molecule has 1 N–H and O–H groups in total. The average Bonchev–Trinajstić information content (AvgIpc) is 2.84. The molecular formula is C12H21NO3. The zero-order valence-electron chi connectivity index (χ0n) is 9.78. The third-order valence-electron chi connectivity index (χ3n) is 4.41. The van der Waals surface area contributed by atoms with Crippen LogP contribution in [0.1, 0.15) is 12.8 Å². The molecular weight excluding hydrogens is 206 g/mol. The number of aliphatic hydroxyl groups is 1. The molecule has 4 nitrogen and oxygen atoms in total. The van der Waals surface area contributed by atoms with E-state index in [4.69, 9.17) is 9.47 Å². The molecule has 0 aliphatic carbocycles. The maximum absolute atomic E-state index is 9.42. The second-order valence-corrected chi connectivity index (χ2v) is 5.91. The summed E-state index contributed by atoms with van der Waals surface area (Å²) < 4.78 is 10.8. The van der Waals surface area contributed by atoms with E-state index in [-0.39, 0.29) is 12.0 Å². The number of rotatable bonds is 3. The summed E-state index contributed by atoms with van der Waals surface area (Å²) in [5, 5.41) is 9.42. The van der Waals surface area contributed by atoms with E-state index in [1.807, 2.05) is 0 Å². The monoisotopic (exact) mass is 227 g/mol. The maximum atomic E-state index is 9.42. The first-order valence-electron chi connectivity index (χ1n) is 6.25. The van der Waals surface area contributed by atoms with Crippen molar-refractivity contribution in [3.05, 3.63) is 0 Å². The summed E-state index contributed by atoms with van der Waals surface area (Å²) in [5.41, 5.74) is 0.465. The van der Waals surface area contributed by atoms with Gasteiger partial charge in [0.25, 0.3) is 0 Å². The summed E-state index contributed by atoms with van der Waals surface area (Å²) >= 11 is 0. The summed E-state index contributed by atoms with van der Waals surface area (Å²) in [6.45, 7) is 6.87. The van der Waals surface area contributed by atoms with Gasteiger partial charge in [0.15, 0.2) is 0 Å². The summed E-state index contributed by atoms with van der Waals surface area (Å²) in [4.78, 5) is 2.49. The lowest BCUT2D eigenvalue weighted by Crippen LogP contribution is -2.53. The fraction of sp³-hybridized carbons (Fsp3) is 1.00. The SMILES string of the molecule is OCC1(CN2CCC3(CCOC3)C2)COC1. The summed E-state index contributed by atoms with van der Waals surface area (Å²) in [6.07, 6.45) is 2.47. The summed E-state index contributed by atoms with van der Waals surface area (Å²) in [5.74, 6) is 0. The minimum atomic E-state index is 0.0327. The van der Waals surface area contributed by atoms with E-state index in [0.717, 1.165) is 46.1 Å². The molecule has 1 spiro atoms. The van der Waals surface area contributed by atoms with E-state index in [1.54, 1.807) is 0 Å². The van der Waals surface area contributed by atoms with Crippen LogP contribution >= 0.6 is 0 Å². The van der Waals surface area contributed by atoms with Crippen LogP contribution in [0.5, 0.6) is 0 Å². The highest BCUT2D eigenvalue weighted by atomic mass is 16.5. The Morgan fingerprint density at radius 3 is 2.56 bits per heavy atom. The van der Waals surface area contributed by atoms with Gasteiger partial charge >= 0.3 is 0 Å². The first-order chi connectivity index (χ1) is 7.76. The smallest absolute Gasteiger partial charge is 0.0579 e. The number of hydrogen-bond donors (Lipinski definition) is 1. The number of ether oxygens (including phenoxy) is 2. The standard InChI is InChI=1S/C12H21NO3/c14-7-12(9-16-10-12)6-13-3-1-11(5-13)2-4-15-8-11/h14H,1-10H2. The van der Waals surface area contributed by atoms with Crippen molar-refractivity contribution in [1.82, 2.24) is 4.90 Å². The minimum absolute atomic E-state index is 0.0327. The van der Waals surface area contributed by atoms with Crippen molar-refractivity contribution in [1.29, 1.82) is 0 Å². The fourth-order valence-corrected chi connectivity index (χ4v) is 3.23. The van der Waals surface area contributed by atoms with Gasteiger partial charge in [-0.2, -0.15) is 0 Å². The van der Waals surface area contributed by atoms with Crippen LogP contribution in [0.25, 0.3) is 0 Å². The van der Waals surface area contributed by atoms with Crippen LogP contribution in [-0.4, -0.2) is 62.7 Å². The lowest BCUT2D eigenvalue weighted by molar-refractivity contribution is -0.147. The minimum Gasteiger partial charge on any atom is -0.396 e. The van der Waals surface area contributed by atoms with Crippen molar-refractivity contribution in [2.24, 2.45) is 10.8 Å². The van der Waals surface area contributed by atoms with Gasteiger partial charge in [-0.15, -0.1) is 0 Å². The molecule has 0 radical (unpaired) electrons. The predicted octanol–water partition coefficient (Wildman–Crippen LogP) is 0.108. The zero-order valence-corrected chi connectivity index (χ0v) is 9.78. The van der Waals surface area contributed by atoms with Crippen LogP contribution in [0.2, 0.25) is 0 Å². The van der Waals surface area contributed by atoms with Crippen molar-refractivity contribution < 1.29 is 14.6 Å². The van der Waals surface area contributed by atoms with Crippen molar-refractivity contribution >= 4 is 0 Å². The number of hydrogen-bond acceptors (Lipinski definition) is 4. The molecule has 3 rings (SSSR count). The van der Waals surface area contributed by atoms with Crippen LogP contribution in [-0.2, 0) is 9.47 Å². The summed E-state index contributed by atoms with van der Waals surface area (Å²) in [6, 6.07) is 0. The first kappa shape index (κ1) is 11.0. The van der Waals surface area contributed by atoms with Crippen molar-refractivity contribution in [2.45, 2.75) is 12.8 Å². The van der Waals surface area contributed by atoms with Gasteiger partial charge in [0, 0.05) is 25.1 Å². The molecule has 3 aliphatic rings. The van der Waals surface area contributed by atoms with Gasteiger partial charge in [0.05, 0.1) is 31.8 Å². The molecule has 0 amide bonds. The van der Waals surface area contributed by atoms with E-state index in [1.165, 1.54) is 12.8 Å². The molecule has 0 aromatic heterocycles. The molecule has 92 valence electrons. The van der Waals surface area contributed by atoms with Crippen LogP contribution in [0, 0.1) is 10.8 Å². The topological polar surface area (TPSA) is 41.9 Å². The zero-order chi connectivity index (χ0) is 11.1. The molecule has 1 atom stereocenters. The Hall–Kier alpha value is -0.160. The molecule has 1 unspecified atom stereocenters. The normalized spacial score (nSPS) is 38.1. The Morgan fingerprint density at radius 2 is 2.00 bits per heavy atom. The largest absolute Gasteiger partial charge is 0.396 e. The van der Waals surface area contributed by atoms with Gasteiger partial charge in [-0.1, -0.05) is 0 Å². The molecule has 0 aromatic rings. The highest BCUT2D eigenvalue weighted by Gasteiger charge is 2.45. The predicted molar refractivity (Wildman–Crippen MR) is 59.3 cm³/mol. The van der Waals surface area contributed by atoms with Crippen LogP contribution in [0.3, 0.4) is 0 Å². The van der Waals surface area contributed by atoms with Gasteiger partial charge in [0.2, 0.25) is 0 Å². The molecule has 0 saturated carbocycles. The molecule has 3 aliphatic heterocycles. The summed E-state index contributed by atoms with van der Waals surface area (Å²) in [7, 11) is 0. The highest BCUT2D eigenvalue weighted by molar-refractivity contribution is 4.96. The van der Waals surface area contributed by atoms with Gasteiger partial charge in [-0.3, -0.25) is 0 Å². The number of aliphatic hydroxyl groups excluding tert-OH is 1. The van der Waals surface area contributed by atoms with E-state index < -0.39 is 0 Å².